The lowest BCUT2D eigenvalue weighted by atomic mass is 10.1. The number of halogens is 1. The number of aryl methyl sites for hydroxylation is 1. The second kappa shape index (κ2) is 4.94. The maximum Gasteiger partial charge on any atom is 0.159 e. The molecule has 0 N–H and O–H groups in total. The van der Waals surface area contributed by atoms with Gasteiger partial charge in [0.2, 0.25) is 0 Å². The normalized spacial score (nSPS) is 17.1. The van der Waals surface area contributed by atoms with Gasteiger partial charge in [0, 0.05) is 42.6 Å². The molecular weight excluding hydrogens is 260 g/mol. The van der Waals surface area contributed by atoms with Crippen LogP contribution in [0.15, 0.2) is 18.2 Å². The van der Waals surface area contributed by atoms with E-state index in [1.807, 2.05) is 6.92 Å². The fraction of sp³-hybridized carbons (Fsp3) is 0.429. The van der Waals surface area contributed by atoms with E-state index in [-0.39, 0.29) is 0 Å². The number of benzene rings is 1. The molecule has 1 aliphatic heterocycles. The summed E-state index contributed by atoms with van der Waals surface area (Å²) in [5, 5.41) is 10.6. The van der Waals surface area contributed by atoms with Crippen LogP contribution < -0.4 is 4.90 Å². The monoisotopic (exact) mass is 276 g/mol. The van der Waals surface area contributed by atoms with Crippen molar-refractivity contribution in [1.82, 2.24) is 15.1 Å². The van der Waals surface area contributed by atoms with Crippen molar-refractivity contribution in [3.63, 3.8) is 0 Å². The first-order valence-corrected chi connectivity index (χ1v) is 6.89. The highest BCUT2D eigenvalue weighted by atomic mass is 35.5. The lowest BCUT2D eigenvalue weighted by Gasteiger charge is -2.34. The summed E-state index contributed by atoms with van der Waals surface area (Å²) in [4.78, 5) is 4.74. The van der Waals surface area contributed by atoms with Crippen molar-refractivity contribution in [2.75, 3.05) is 38.1 Å². The Labute approximate surface area is 118 Å². The van der Waals surface area contributed by atoms with Gasteiger partial charge in [0.15, 0.2) is 5.15 Å². The van der Waals surface area contributed by atoms with Gasteiger partial charge in [0.25, 0.3) is 0 Å². The predicted molar refractivity (Wildman–Crippen MR) is 79.0 cm³/mol. The molecule has 19 heavy (non-hydrogen) atoms. The predicted octanol–water partition coefficient (Wildman–Crippen LogP) is 2.34. The third kappa shape index (κ3) is 2.38. The molecule has 0 amide bonds. The summed E-state index contributed by atoms with van der Waals surface area (Å²) < 4.78 is 0. The van der Waals surface area contributed by atoms with Crippen LogP contribution in [0.3, 0.4) is 0 Å². The Balaban J connectivity index is 2.00. The number of hydrogen-bond donors (Lipinski definition) is 0. The molecule has 0 bridgehead atoms. The molecule has 2 aromatic rings. The zero-order valence-corrected chi connectivity index (χ0v) is 12.0. The average molecular weight is 277 g/mol. The SMILES string of the molecule is Cc1nnc(Cl)c2cc(N3CCN(C)CC3)ccc12. The summed E-state index contributed by atoms with van der Waals surface area (Å²) >= 11 is 6.16. The first-order chi connectivity index (χ1) is 9.15. The molecule has 0 aliphatic carbocycles. The Morgan fingerprint density at radius 1 is 1.05 bits per heavy atom. The molecule has 0 unspecified atom stereocenters. The average Bonchev–Trinajstić information content (AvgIpc) is 2.43. The van der Waals surface area contributed by atoms with E-state index in [1.54, 1.807) is 0 Å². The van der Waals surface area contributed by atoms with Gasteiger partial charge in [-0.3, -0.25) is 0 Å². The van der Waals surface area contributed by atoms with Gasteiger partial charge in [-0.1, -0.05) is 17.7 Å². The van der Waals surface area contributed by atoms with Gasteiger partial charge in [-0.15, -0.1) is 5.10 Å². The van der Waals surface area contributed by atoms with E-state index in [9.17, 15) is 0 Å². The fourth-order valence-corrected chi connectivity index (χ4v) is 2.70. The minimum Gasteiger partial charge on any atom is -0.369 e. The second-order valence-corrected chi connectivity index (χ2v) is 5.45. The molecule has 0 atom stereocenters. The van der Waals surface area contributed by atoms with Crippen molar-refractivity contribution in [3.05, 3.63) is 29.0 Å². The lowest BCUT2D eigenvalue weighted by molar-refractivity contribution is 0.313. The molecule has 1 aromatic carbocycles. The third-order valence-electron chi connectivity index (χ3n) is 3.77. The first-order valence-electron chi connectivity index (χ1n) is 6.51. The highest BCUT2D eigenvalue weighted by Crippen LogP contribution is 2.28. The minimum atomic E-state index is 0.483. The van der Waals surface area contributed by atoms with E-state index in [0.717, 1.165) is 42.6 Å². The Morgan fingerprint density at radius 2 is 1.79 bits per heavy atom. The molecule has 0 spiro atoms. The van der Waals surface area contributed by atoms with Crippen LogP contribution in [0.25, 0.3) is 10.8 Å². The standard InChI is InChI=1S/C14H17ClN4/c1-10-12-4-3-11(9-13(12)14(15)17-16-10)19-7-5-18(2)6-8-19/h3-4,9H,5-8H2,1-2H3. The third-order valence-corrected chi connectivity index (χ3v) is 4.05. The van der Waals surface area contributed by atoms with Gasteiger partial charge in [-0.2, -0.15) is 5.10 Å². The number of likely N-dealkylation sites (N-methyl/N-ethyl adjacent to an activating group) is 1. The van der Waals surface area contributed by atoms with Crippen LogP contribution in [0.5, 0.6) is 0 Å². The van der Waals surface area contributed by atoms with Crippen LogP contribution in [0.2, 0.25) is 5.15 Å². The van der Waals surface area contributed by atoms with Gasteiger partial charge in [0.1, 0.15) is 0 Å². The van der Waals surface area contributed by atoms with Crippen molar-refractivity contribution >= 4 is 28.1 Å². The van der Waals surface area contributed by atoms with E-state index in [1.165, 1.54) is 5.69 Å². The molecule has 0 radical (unpaired) electrons. The van der Waals surface area contributed by atoms with Gasteiger partial charge in [0.05, 0.1) is 5.69 Å². The quantitative estimate of drug-likeness (QED) is 0.800. The smallest absolute Gasteiger partial charge is 0.159 e. The van der Waals surface area contributed by atoms with Gasteiger partial charge < -0.3 is 9.80 Å². The molecule has 3 rings (SSSR count). The number of rotatable bonds is 1. The summed E-state index contributed by atoms with van der Waals surface area (Å²) in [5.74, 6) is 0. The molecule has 2 heterocycles. The molecule has 0 saturated carbocycles. The van der Waals surface area contributed by atoms with Gasteiger partial charge in [-0.05, 0) is 26.1 Å². The van der Waals surface area contributed by atoms with Crippen molar-refractivity contribution in [3.8, 4) is 0 Å². The maximum atomic E-state index is 6.16. The maximum absolute atomic E-state index is 6.16. The second-order valence-electron chi connectivity index (χ2n) is 5.10. The van der Waals surface area contributed by atoms with E-state index in [0.29, 0.717) is 5.15 Å². The van der Waals surface area contributed by atoms with Crippen LogP contribution >= 0.6 is 11.6 Å². The minimum absolute atomic E-state index is 0.483. The molecule has 1 fully saturated rings. The lowest BCUT2D eigenvalue weighted by Crippen LogP contribution is -2.44. The van der Waals surface area contributed by atoms with E-state index < -0.39 is 0 Å². The van der Waals surface area contributed by atoms with Crippen LogP contribution in [0.4, 0.5) is 5.69 Å². The fourth-order valence-electron chi connectivity index (χ4n) is 2.51. The van der Waals surface area contributed by atoms with E-state index in [4.69, 9.17) is 11.6 Å². The molecule has 1 aliphatic rings. The number of fused-ring (bicyclic) bond motifs is 1. The van der Waals surface area contributed by atoms with Crippen molar-refractivity contribution in [1.29, 1.82) is 0 Å². The van der Waals surface area contributed by atoms with Gasteiger partial charge >= 0.3 is 0 Å². The molecular formula is C14H17ClN4. The summed E-state index contributed by atoms with van der Waals surface area (Å²) in [6.45, 7) is 6.26. The van der Waals surface area contributed by atoms with E-state index in [2.05, 4.69) is 45.2 Å². The summed E-state index contributed by atoms with van der Waals surface area (Å²) in [5.41, 5.74) is 2.14. The zero-order valence-electron chi connectivity index (χ0n) is 11.2. The van der Waals surface area contributed by atoms with Crippen LogP contribution in [0.1, 0.15) is 5.69 Å². The number of anilines is 1. The van der Waals surface area contributed by atoms with Crippen LogP contribution in [0, 0.1) is 6.92 Å². The number of nitrogens with zero attached hydrogens (tertiary/aromatic N) is 4. The first kappa shape index (κ1) is 12.6. The number of hydrogen-bond acceptors (Lipinski definition) is 4. The zero-order chi connectivity index (χ0) is 13.4. The Morgan fingerprint density at radius 3 is 2.53 bits per heavy atom. The van der Waals surface area contributed by atoms with E-state index >= 15 is 0 Å². The highest BCUT2D eigenvalue weighted by molar-refractivity contribution is 6.34. The van der Waals surface area contributed by atoms with Crippen molar-refractivity contribution in [2.45, 2.75) is 6.92 Å². The molecule has 100 valence electrons. The highest BCUT2D eigenvalue weighted by Gasteiger charge is 2.15. The van der Waals surface area contributed by atoms with Crippen LogP contribution in [-0.4, -0.2) is 48.3 Å². The summed E-state index contributed by atoms with van der Waals surface area (Å²) in [7, 11) is 2.16. The summed E-state index contributed by atoms with van der Waals surface area (Å²) in [6.07, 6.45) is 0. The largest absolute Gasteiger partial charge is 0.369 e. The van der Waals surface area contributed by atoms with Crippen molar-refractivity contribution in [2.24, 2.45) is 0 Å². The van der Waals surface area contributed by atoms with Crippen LogP contribution in [-0.2, 0) is 0 Å². The molecule has 5 heteroatoms. The topological polar surface area (TPSA) is 32.3 Å². The molecule has 1 saturated heterocycles. The van der Waals surface area contributed by atoms with Crippen molar-refractivity contribution < 1.29 is 0 Å². The Bertz CT molecular complexity index is 606. The molecule has 1 aromatic heterocycles. The van der Waals surface area contributed by atoms with Gasteiger partial charge in [-0.25, -0.2) is 0 Å². The Hall–Kier alpha value is -1.39. The number of aromatic nitrogens is 2. The number of piperazine rings is 1. The summed E-state index contributed by atoms with van der Waals surface area (Å²) in [6, 6.07) is 6.38. The molecule has 4 nitrogen and oxygen atoms in total. The Kier molecular flexibility index (Phi) is 3.29.